The van der Waals surface area contributed by atoms with Gasteiger partial charge >= 0.3 is 0 Å². The molecule has 0 atom stereocenters. The van der Waals surface area contributed by atoms with Gasteiger partial charge in [0.15, 0.2) is 23.3 Å². The molecule has 10 heterocycles. The minimum absolute atomic E-state index is 0.229. The normalized spacial score (nSPS) is 15.4. The van der Waals surface area contributed by atoms with E-state index >= 15 is 0 Å². The van der Waals surface area contributed by atoms with Gasteiger partial charge in [0.2, 0.25) is 11.9 Å². The average Bonchev–Trinajstić information content (AvgIpc) is 1.55. The lowest BCUT2D eigenvalue weighted by molar-refractivity contribution is -0.150. The van der Waals surface area contributed by atoms with Crippen LogP contribution < -0.4 is 0 Å². The van der Waals surface area contributed by atoms with Crippen molar-refractivity contribution in [3.05, 3.63) is 241 Å². The molecule has 10 aromatic carbocycles. The van der Waals surface area contributed by atoms with Gasteiger partial charge < -0.3 is 65.7 Å². The van der Waals surface area contributed by atoms with Crippen LogP contribution in [0.2, 0.25) is 0 Å². The molecule has 22 nitrogen and oxygen atoms in total. The highest BCUT2D eigenvalue weighted by Crippen LogP contribution is 2.45. The first kappa shape index (κ1) is 93.9. The summed E-state index contributed by atoms with van der Waals surface area (Å²) < 4.78 is 88.4. The summed E-state index contributed by atoms with van der Waals surface area (Å²) in [5.74, 6) is 3.52. The summed E-state index contributed by atoms with van der Waals surface area (Å²) in [5.41, 5.74) is 16.3. The van der Waals surface area contributed by atoms with Crippen LogP contribution in [0.5, 0.6) is 0 Å². The molecule has 22 heteroatoms. The molecule has 0 unspecified atom stereocenters. The summed E-state index contributed by atoms with van der Waals surface area (Å²) in [7, 11) is 0. The summed E-state index contributed by atoms with van der Waals surface area (Å²) in [4.78, 5) is 30.8. The molecule has 708 valence electrons. The van der Waals surface area contributed by atoms with Gasteiger partial charge in [0, 0.05) is 140 Å². The van der Waals surface area contributed by atoms with E-state index in [1.54, 1.807) is 0 Å². The molecule has 4 fully saturated rings. The third-order valence-corrected chi connectivity index (χ3v) is 28.0. The summed E-state index contributed by atoms with van der Waals surface area (Å²) in [5, 5.41) is 8.44. The van der Waals surface area contributed by atoms with E-state index in [1.165, 1.54) is 0 Å². The van der Waals surface area contributed by atoms with Crippen molar-refractivity contribution in [2.45, 2.75) is 157 Å². The molecule has 20 rings (SSSR count). The number of nitrogens with zero attached hydrogens (tertiary/aromatic N) is 8. The van der Waals surface area contributed by atoms with Crippen LogP contribution in [0, 0.1) is 21.7 Å². The zero-order chi connectivity index (χ0) is 92.4. The SMILES string of the molecule is CCC1(COCCCCCOCc2ccc3oc4cc5c6cc(COCCCCCOCC7(CC)COC7)ccc6n(-c6nc(-c7ccccc7)nc(-c7ccccc7)n6)c5cc4c3c2)COC1.CCC1(COCCCCCOCc2ccc3oc4ccc5c(c6cc(COCCCCCOCC7(CC)COC7)ccc6n5-c5nc(-c6ccccc6)nc(-c6ccccc6)n5)c4c3c2)COC1. The number of unbranched alkanes of at least 4 members (excludes halogenated alkanes) is 8. The summed E-state index contributed by atoms with van der Waals surface area (Å²) >= 11 is 0. The smallest absolute Gasteiger partial charge is 0.238 e. The van der Waals surface area contributed by atoms with E-state index in [2.05, 4.69) is 134 Å². The monoisotopic (exact) mass is 1830 g/mol. The molecule has 0 bridgehead atoms. The molecule has 136 heavy (non-hydrogen) atoms. The Morgan fingerprint density at radius 3 is 0.912 bits per heavy atom. The van der Waals surface area contributed by atoms with Crippen molar-refractivity contribution < 1.29 is 65.7 Å². The van der Waals surface area contributed by atoms with Crippen molar-refractivity contribution in [2.24, 2.45) is 21.7 Å². The summed E-state index contributed by atoms with van der Waals surface area (Å²) in [6.45, 7) is 26.6. The Labute approximate surface area is 796 Å². The van der Waals surface area contributed by atoms with E-state index in [0.29, 0.717) is 88.0 Å². The Balaban J connectivity index is 0.000000174. The molecule has 4 aliphatic rings. The van der Waals surface area contributed by atoms with Gasteiger partial charge in [-0.15, -0.1) is 0 Å². The fourth-order valence-electron chi connectivity index (χ4n) is 18.8. The first-order valence-electron chi connectivity index (χ1n) is 49.6. The van der Waals surface area contributed by atoms with Crippen LogP contribution in [-0.4, -0.2) is 171 Å². The molecule has 0 radical (unpaired) electrons. The highest BCUT2D eigenvalue weighted by atomic mass is 16.5. The van der Waals surface area contributed by atoms with Gasteiger partial charge in [-0.1, -0.05) is 173 Å². The summed E-state index contributed by atoms with van der Waals surface area (Å²) in [6.07, 6.45) is 16.8. The van der Waals surface area contributed by atoms with Gasteiger partial charge in [-0.3, -0.25) is 9.13 Å². The van der Waals surface area contributed by atoms with Gasteiger partial charge in [0.05, 0.1) is 128 Å². The predicted molar refractivity (Wildman–Crippen MR) is 536 cm³/mol. The van der Waals surface area contributed by atoms with Crippen LogP contribution in [0.4, 0.5) is 0 Å². The lowest BCUT2D eigenvalue weighted by Crippen LogP contribution is -2.45. The number of aromatic nitrogens is 8. The van der Waals surface area contributed by atoms with E-state index in [1.807, 2.05) is 121 Å². The molecule has 4 saturated heterocycles. The minimum atomic E-state index is 0.229. The van der Waals surface area contributed by atoms with Crippen LogP contribution >= 0.6 is 0 Å². The zero-order valence-electron chi connectivity index (χ0n) is 79.4. The van der Waals surface area contributed by atoms with Crippen LogP contribution in [0.25, 0.3) is 145 Å². The highest BCUT2D eigenvalue weighted by molar-refractivity contribution is 6.27. The number of hydrogen-bond acceptors (Lipinski definition) is 20. The molecule has 0 aliphatic carbocycles. The third kappa shape index (κ3) is 21.7. The van der Waals surface area contributed by atoms with Crippen LogP contribution in [-0.2, 0) is 83.3 Å². The first-order valence-corrected chi connectivity index (χ1v) is 49.6. The number of fused-ring (bicyclic) bond motifs is 13. The molecule has 0 spiro atoms. The molecule has 0 saturated carbocycles. The van der Waals surface area contributed by atoms with Crippen molar-refractivity contribution in [3.8, 4) is 57.4 Å². The maximum absolute atomic E-state index is 6.60. The third-order valence-electron chi connectivity index (χ3n) is 28.0. The van der Waals surface area contributed by atoms with E-state index in [-0.39, 0.29) is 21.7 Å². The van der Waals surface area contributed by atoms with Crippen molar-refractivity contribution in [2.75, 3.05) is 132 Å². The summed E-state index contributed by atoms with van der Waals surface area (Å²) in [6, 6.07) is 75.1. The van der Waals surface area contributed by atoms with Gasteiger partial charge in [-0.05, 0) is 198 Å². The lowest BCUT2D eigenvalue weighted by Gasteiger charge is -2.40. The number of benzene rings is 10. The molecule has 6 aromatic heterocycles. The Morgan fingerprint density at radius 2 is 0.544 bits per heavy atom. The van der Waals surface area contributed by atoms with Crippen molar-refractivity contribution >= 4 is 87.5 Å². The number of rotatable bonds is 50. The second kappa shape index (κ2) is 44.6. The maximum atomic E-state index is 6.60. The van der Waals surface area contributed by atoms with Crippen LogP contribution in [0.1, 0.15) is 153 Å². The van der Waals surface area contributed by atoms with Crippen LogP contribution in [0.15, 0.2) is 227 Å². The Kier molecular flexibility index (Phi) is 30.8. The highest BCUT2D eigenvalue weighted by Gasteiger charge is 2.40. The molecular weight excluding hydrogens is 1710 g/mol. The Hall–Kier alpha value is -11.1. The van der Waals surface area contributed by atoms with Gasteiger partial charge in [-0.25, -0.2) is 9.97 Å². The van der Waals surface area contributed by atoms with Gasteiger partial charge in [0.1, 0.15) is 22.3 Å². The zero-order valence-corrected chi connectivity index (χ0v) is 79.4. The molecular formula is C114H128N8O14. The van der Waals surface area contributed by atoms with Crippen LogP contribution in [0.3, 0.4) is 0 Å². The fourth-order valence-corrected chi connectivity index (χ4v) is 18.8. The second-order valence-electron chi connectivity index (χ2n) is 38.0. The lowest BCUT2D eigenvalue weighted by atomic mass is 9.84. The number of furan rings is 2. The largest absolute Gasteiger partial charge is 0.456 e. The van der Waals surface area contributed by atoms with Crippen molar-refractivity contribution in [1.82, 2.24) is 39.0 Å². The van der Waals surface area contributed by atoms with Crippen molar-refractivity contribution in [1.29, 1.82) is 0 Å². The van der Waals surface area contributed by atoms with E-state index in [4.69, 9.17) is 95.6 Å². The van der Waals surface area contributed by atoms with Crippen molar-refractivity contribution in [3.63, 3.8) is 0 Å². The first-order chi connectivity index (χ1) is 67.1. The minimum Gasteiger partial charge on any atom is -0.456 e. The van der Waals surface area contributed by atoms with Gasteiger partial charge in [-0.2, -0.15) is 19.9 Å². The maximum Gasteiger partial charge on any atom is 0.238 e. The Morgan fingerprint density at radius 1 is 0.250 bits per heavy atom. The predicted octanol–water partition coefficient (Wildman–Crippen LogP) is 24.9. The number of ether oxygens (including phenoxy) is 12. The molecule has 4 aliphatic heterocycles. The molecule has 0 N–H and O–H groups in total. The second-order valence-corrected chi connectivity index (χ2v) is 38.0. The van der Waals surface area contributed by atoms with E-state index in [9.17, 15) is 0 Å². The molecule has 0 amide bonds. The fraction of sp³-hybridized carbons (Fsp3) is 0.421. The standard InChI is InChI=1S/2C57H64N4O7/c1-3-56(37-66-38-56)35-64-29-15-7-13-27-62-33-41-21-23-47-45(31-41)51-48(61(47)55-59-53(43-17-9-5-10-18-43)58-54(60-55)44-19-11-6-12-20-44)24-26-50-52(51)46-32-42(22-25-49(46)68-50)34-63-28-14-8-16-30-65-36-57(4-2)39-67-40-57;1-3-56(37-66-38-56)35-64-27-15-7-13-25-62-33-41-21-23-49-45(29-41)46-32-52-48(47-30-42(22-24-51(47)68-52)34-63-26-14-8-16-28-65-36-57(4-2)39-67-40-57)31-50(46)61(49)55-59-53(43-17-9-5-10-18-43)58-54(60-55)44-19-11-6-12-20-44/h5-6,9-12,17-26,31-32H,3-4,7-8,13-16,27-30,33-40H2,1-2H3;5-6,9-12,17-24,29-32H,3-4,7-8,13-16,25-28,33-40H2,1-2H3. The number of hydrogen-bond donors (Lipinski definition) is 0. The van der Waals surface area contributed by atoms with E-state index < -0.39 is 0 Å². The Bertz CT molecular complexity index is 6380. The topological polar surface area (TPSA) is 224 Å². The molecule has 16 aromatic rings. The van der Waals surface area contributed by atoms with Gasteiger partial charge in [0.25, 0.3) is 0 Å². The quantitative estimate of drug-likeness (QED) is 0.0323. The van der Waals surface area contributed by atoms with E-state index in [0.717, 1.165) is 340 Å². The average molecular weight is 1830 g/mol.